The zero-order chi connectivity index (χ0) is 15.0. The predicted molar refractivity (Wildman–Crippen MR) is 75.8 cm³/mol. The van der Waals surface area contributed by atoms with Crippen LogP contribution < -0.4 is 0 Å². The number of rotatable bonds is 2. The lowest BCUT2D eigenvalue weighted by Crippen LogP contribution is -2.09. The Labute approximate surface area is 117 Å². The van der Waals surface area contributed by atoms with Crippen LogP contribution in [0.2, 0.25) is 0 Å². The molecule has 0 amide bonds. The summed E-state index contributed by atoms with van der Waals surface area (Å²) in [6.07, 6.45) is -1.16. The molecule has 1 atom stereocenters. The Morgan fingerprint density at radius 3 is 1.95 bits per heavy atom. The van der Waals surface area contributed by atoms with Crippen molar-refractivity contribution in [2.45, 2.75) is 33.8 Å². The highest BCUT2D eigenvalue weighted by atomic mass is 19.2. The van der Waals surface area contributed by atoms with Crippen molar-refractivity contribution in [1.82, 2.24) is 0 Å². The number of halogens is 2. The minimum absolute atomic E-state index is 0.0249. The van der Waals surface area contributed by atoms with Gasteiger partial charge < -0.3 is 5.11 Å². The standard InChI is InChI=1S/C17H18F2O/c1-9-7-11(3)14(12(4)8-9)17(20)13-6-5-10(2)15(18)16(13)19/h5-8,17,20H,1-4H3. The minimum Gasteiger partial charge on any atom is -0.384 e. The van der Waals surface area contributed by atoms with Crippen LogP contribution in [0.4, 0.5) is 8.78 Å². The number of hydrogen-bond acceptors (Lipinski definition) is 1. The van der Waals surface area contributed by atoms with Gasteiger partial charge in [-0.1, -0.05) is 29.8 Å². The molecule has 0 spiro atoms. The van der Waals surface area contributed by atoms with Crippen molar-refractivity contribution >= 4 is 0 Å². The summed E-state index contributed by atoms with van der Waals surface area (Å²) in [4.78, 5) is 0. The largest absolute Gasteiger partial charge is 0.384 e. The highest BCUT2D eigenvalue weighted by Gasteiger charge is 2.22. The van der Waals surface area contributed by atoms with Crippen LogP contribution in [0.25, 0.3) is 0 Å². The maximum absolute atomic E-state index is 14.0. The van der Waals surface area contributed by atoms with Crippen LogP contribution >= 0.6 is 0 Å². The third-order valence-corrected chi connectivity index (χ3v) is 3.61. The second-order valence-corrected chi connectivity index (χ2v) is 5.31. The average Bonchev–Trinajstić information content (AvgIpc) is 2.34. The Bertz CT molecular complexity index is 639. The third kappa shape index (κ3) is 2.46. The van der Waals surface area contributed by atoms with Crippen molar-refractivity contribution in [2.75, 3.05) is 0 Å². The fourth-order valence-corrected chi connectivity index (χ4v) is 2.65. The van der Waals surface area contributed by atoms with Crippen LogP contribution in [-0.4, -0.2) is 5.11 Å². The summed E-state index contributed by atoms with van der Waals surface area (Å²) in [6, 6.07) is 6.77. The van der Waals surface area contributed by atoms with Gasteiger partial charge in [-0.2, -0.15) is 0 Å². The van der Waals surface area contributed by atoms with Gasteiger partial charge in [-0.25, -0.2) is 8.78 Å². The summed E-state index contributed by atoms with van der Waals surface area (Å²) in [5.41, 5.74) is 3.66. The molecular weight excluding hydrogens is 258 g/mol. The highest BCUT2D eigenvalue weighted by Crippen LogP contribution is 2.31. The first-order valence-corrected chi connectivity index (χ1v) is 6.53. The van der Waals surface area contributed by atoms with Gasteiger partial charge in [0.05, 0.1) is 0 Å². The Balaban J connectivity index is 2.58. The van der Waals surface area contributed by atoms with Crippen molar-refractivity contribution in [1.29, 1.82) is 0 Å². The van der Waals surface area contributed by atoms with Gasteiger partial charge in [0, 0.05) is 5.56 Å². The molecule has 20 heavy (non-hydrogen) atoms. The van der Waals surface area contributed by atoms with Gasteiger partial charge in [-0.15, -0.1) is 0 Å². The topological polar surface area (TPSA) is 20.2 Å². The van der Waals surface area contributed by atoms with E-state index in [4.69, 9.17) is 0 Å². The van der Waals surface area contributed by atoms with Crippen LogP contribution in [0.15, 0.2) is 24.3 Å². The molecule has 1 unspecified atom stereocenters. The van der Waals surface area contributed by atoms with E-state index in [0.717, 1.165) is 16.7 Å². The molecule has 0 saturated carbocycles. The fraction of sp³-hybridized carbons (Fsp3) is 0.294. The maximum Gasteiger partial charge on any atom is 0.165 e. The number of aliphatic hydroxyl groups excluding tert-OH is 1. The minimum atomic E-state index is -1.16. The smallest absolute Gasteiger partial charge is 0.165 e. The summed E-state index contributed by atoms with van der Waals surface area (Å²) < 4.78 is 27.7. The van der Waals surface area contributed by atoms with Gasteiger partial charge in [0.2, 0.25) is 0 Å². The van der Waals surface area contributed by atoms with Gasteiger partial charge in [-0.05, 0) is 49.9 Å². The lowest BCUT2D eigenvalue weighted by Gasteiger charge is -2.19. The van der Waals surface area contributed by atoms with Gasteiger partial charge in [-0.3, -0.25) is 0 Å². The van der Waals surface area contributed by atoms with Crippen LogP contribution in [0.5, 0.6) is 0 Å². The molecule has 1 nitrogen and oxygen atoms in total. The van der Waals surface area contributed by atoms with E-state index in [2.05, 4.69) is 0 Å². The molecule has 0 saturated heterocycles. The van der Waals surface area contributed by atoms with Crippen molar-refractivity contribution in [3.63, 3.8) is 0 Å². The molecule has 2 aromatic rings. The molecule has 0 fully saturated rings. The number of aliphatic hydroxyl groups is 1. The van der Waals surface area contributed by atoms with Gasteiger partial charge >= 0.3 is 0 Å². The predicted octanol–water partition coefficient (Wildman–Crippen LogP) is 4.28. The molecule has 1 N–H and O–H groups in total. The highest BCUT2D eigenvalue weighted by molar-refractivity contribution is 5.43. The molecule has 0 aliphatic rings. The Hall–Kier alpha value is -1.74. The quantitative estimate of drug-likeness (QED) is 0.868. The van der Waals surface area contributed by atoms with E-state index in [-0.39, 0.29) is 11.1 Å². The summed E-state index contributed by atoms with van der Waals surface area (Å²) in [5, 5.41) is 10.4. The van der Waals surface area contributed by atoms with Crippen molar-refractivity contribution in [3.8, 4) is 0 Å². The van der Waals surface area contributed by atoms with Crippen LogP contribution in [-0.2, 0) is 0 Å². The van der Waals surface area contributed by atoms with E-state index in [0.29, 0.717) is 5.56 Å². The van der Waals surface area contributed by atoms with Gasteiger partial charge in [0.15, 0.2) is 11.6 Å². The summed E-state index contributed by atoms with van der Waals surface area (Å²) >= 11 is 0. The summed E-state index contributed by atoms with van der Waals surface area (Å²) in [6.45, 7) is 7.18. The van der Waals surface area contributed by atoms with Crippen LogP contribution in [0, 0.1) is 39.3 Å². The first-order chi connectivity index (χ1) is 9.32. The molecule has 3 heteroatoms. The van der Waals surface area contributed by atoms with Crippen molar-refractivity contribution in [2.24, 2.45) is 0 Å². The van der Waals surface area contributed by atoms with E-state index in [1.165, 1.54) is 19.1 Å². The van der Waals surface area contributed by atoms with Crippen molar-refractivity contribution < 1.29 is 13.9 Å². The second kappa shape index (κ2) is 5.33. The lowest BCUT2D eigenvalue weighted by atomic mass is 9.91. The first-order valence-electron chi connectivity index (χ1n) is 6.53. The molecular formula is C17H18F2O. The molecule has 0 bridgehead atoms. The van der Waals surface area contributed by atoms with Gasteiger partial charge in [0.1, 0.15) is 6.10 Å². The van der Waals surface area contributed by atoms with E-state index in [9.17, 15) is 13.9 Å². The van der Waals surface area contributed by atoms with E-state index in [1.807, 2.05) is 32.9 Å². The van der Waals surface area contributed by atoms with Crippen LogP contribution in [0.3, 0.4) is 0 Å². The number of benzene rings is 2. The number of aryl methyl sites for hydroxylation is 4. The Kier molecular flexibility index (Phi) is 3.91. The lowest BCUT2D eigenvalue weighted by molar-refractivity contribution is 0.211. The zero-order valence-corrected chi connectivity index (χ0v) is 12.1. The average molecular weight is 276 g/mol. The van der Waals surface area contributed by atoms with E-state index >= 15 is 0 Å². The second-order valence-electron chi connectivity index (χ2n) is 5.31. The first kappa shape index (κ1) is 14.7. The molecule has 0 aromatic heterocycles. The summed E-state index contributed by atoms with van der Waals surface area (Å²) in [5.74, 6) is -1.87. The fourth-order valence-electron chi connectivity index (χ4n) is 2.65. The maximum atomic E-state index is 14.0. The van der Waals surface area contributed by atoms with E-state index < -0.39 is 17.7 Å². The normalized spacial score (nSPS) is 12.6. The molecule has 2 rings (SSSR count). The molecule has 0 heterocycles. The number of hydrogen-bond donors (Lipinski definition) is 1. The monoisotopic (exact) mass is 276 g/mol. The molecule has 0 radical (unpaired) electrons. The van der Waals surface area contributed by atoms with Crippen molar-refractivity contribution in [3.05, 3.63) is 69.3 Å². The molecule has 0 aliphatic carbocycles. The third-order valence-electron chi connectivity index (χ3n) is 3.61. The SMILES string of the molecule is Cc1cc(C)c(C(O)c2ccc(C)c(F)c2F)c(C)c1. The molecule has 2 aromatic carbocycles. The van der Waals surface area contributed by atoms with E-state index in [1.54, 1.807) is 0 Å². The van der Waals surface area contributed by atoms with Gasteiger partial charge in [0.25, 0.3) is 0 Å². The Morgan fingerprint density at radius 2 is 1.40 bits per heavy atom. The van der Waals surface area contributed by atoms with Crippen LogP contribution in [0.1, 0.15) is 39.5 Å². The Morgan fingerprint density at radius 1 is 0.850 bits per heavy atom. The zero-order valence-electron chi connectivity index (χ0n) is 12.1. The molecule has 0 aliphatic heterocycles. The molecule has 106 valence electrons. The summed E-state index contributed by atoms with van der Waals surface area (Å²) in [7, 11) is 0.